The number of amides is 1. The number of fused-ring (bicyclic) bond motifs is 1. The summed E-state index contributed by atoms with van der Waals surface area (Å²) in [4.78, 5) is 24.5. The minimum Gasteiger partial charge on any atom is -0.348 e. The third-order valence-corrected chi connectivity index (χ3v) is 4.94. The van der Waals surface area contributed by atoms with Crippen LogP contribution in [0.2, 0.25) is 10.0 Å². The lowest BCUT2D eigenvalue weighted by atomic mass is 9.97. The Morgan fingerprint density at radius 1 is 1.28 bits per heavy atom. The van der Waals surface area contributed by atoms with Gasteiger partial charge < -0.3 is 5.32 Å². The van der Waals surface area contributed by atoms with E-state index in [0.29, 0.717) is 10.0 Å². The second-order valence-electron chi connectivity index (χ2n) is 6.27. The number of hydrogen-bond acceptors (Lipinski definition) is 3. The average molecular weight is 380 g/mol. The Kier molecular flexibility index (Phi) is 5.45. The highest BCUT2D eigenvalue weighted by Crippen LogP contribution is 2.26. The normalized spacial score (nSPS) is 14.7. The standard InChI is InChI=1S/C18H19Cl2N3O2/c1-11(14-7-6-13(19)9-15(14)20)21-17(24)10-23-18(25)8-12-4-2-3-5-16(12)22-23/h6-9,11H,2-5,10H2,1H3,(H,21,24). The fourth-order valence-corrected chi connectivity index (χ4v) is 3.64. The van der Waals surface area contributed by atoms with Crippen molar-refractivity contribution >= 4 is 29.1 Å². The van der Waals surface area contributed by atoms with E-state index in [9.17, 15) is 9.59 Å². The van der Waals surface area contributed by atoms with Gasteiger partial charge in [-0.05, 0) is 55.9 Å². The zero-order valence-corrected chi connectivity index (χ0v) is 15.4. The molecule has 0 aliphatic heterocycles. The minimum atomic E-state index is -0.300. The maximum Gasteiger partial charge on any atom is 0.267 e. The minimum absolute atomic E-state index is 0.109. The molecule has 1 aromatic heterocycles. The van der Waals surface area contributed by atoms with Crippen molar-refractivity contribution in [3.8, 4) is 0 Å². The predicted octanol–water partition coefficient (Wildman–Crippen LogP) is 3.31. The Bertz CT molecular complexity index is 864. The number of nitrogens with one attached hydrogen (secondary N) is 1. The summed E-state index contributed by atoms with van der Waals surface area (Å²) >= 11 is 12.1. The molecular weight excluding hydrogens is 361 g/mol. The smallest absolute Gasteiger partial charge is 0.267 e. The summed E-state index contributed by atoms with van der Waals surface area (Å²) < 4.78 is 1.23. The van der Waals surface area contributed by atoms with Gasteiger partial charge >= 0.3 is 0 Å². The molecule has 0 spiro atoms. The van der Waals surface area contributed by atoms with Crippen LogP contribution in [0, 0.1) is 0 Å². The molecule has 0 radical (unpaired) electrons. The first kappa shape index (κ1) is 18.0. The van der Waals surface area contributed by atoms with Crippen molar-refractivity contribution in [2.24, 2.45) is 0 Å². The molecule has 1 unspecified atom stereocenters. The van der Waals surface area contributed by atoms with Gasteiger partial charge in [-0.2, -0.15) is 5.10 Å². The van der Waals surface area contributed by atoms with Gasteiger partial charge in [0.2, 0.25) is 5.91 Å². The van der Waals surface area contributed by atoms with Gasteiger partial charge in [0.05, 0.1) is 11.7 Å². The maximum atomic E-state index is 12.3. The number of halogens is 2. The van der Waals surface area contributed by atoms with Crippen LogP contribution < -0.4 is 10.9 Å². The van der Waals surface area contributed by atoms with Crippen LogP contribution in [0.1, 0.15) is 42.6 Å². The topological polar surface area (TPSA) is 64.0 Å². The molecule has 1 atom stereocenters. The third kappa shape index (κ3) is 4.22. The molecule has 25 heavy (non-hydrogen) atoms. The van der Waals surface area contributed by atoms with Gasteiger partial charge in [-0.1, -0.05) is 29.3 Å². The van der Waals surface area contributed by atoms with E-state index in [1.54, 1.807) is 24.3 Å². The molecular formula is C18H19Cl2N3O2. The summed E-state index contributed by atoms with van der Waals surface area (Å²) in [5, 5.41) is 8.24. The SMILES string of the molecule is CC(NC(=O)Cn1nc2c(cc1=O)CCCC2)c1ccc(Cl)cc1Cl. The van der Waals surface area contributed by atoms with Gasteiger partial charge in [0.15, 0.2) is 0 Å². The van der Waals surface area contributed by atoms with Gasteiger partial charge in [-0.15, -0.1) is 0 Å². The van der Waals surface area contributed by atoms with Crippen LogP contribution in [0.15, 0.2) is 29.1 Å². The number of hydrogen-bond donors (Lipinski definition) is 1. The summed E-state index contributed by atoms with van der Waals surface area (Å²) in [5.74, 6) is -0.288. The van der Waals surface area contributed by atoms with E-state index in [2.05, 4.69) is 10.4 Å². The lowest BCUT2D eigenvalue weighted by Crippen LogP contribution is -2.36. The van der Waals surface area contributed by atoms with Crippen LogP contribution in [0.3, 0.4) is 0 Å². The van der Waals surface area contributed by atoms with Gasteiger partial charge in [0, 0.05) is 16.1 Å². The number of aromatic nitrogens is 2. The molecule has 1 N–H and O–H groups in total. The van der Waals surface area contributed by atoms with Crippen molar-refractivity contribution in [3.05, 3.63) is 61.5 Å². The van der Waals surface area contributed by atoms with Crippen LogP contribution in [-0.4, -0.2) is 15.7 Å². The number of carbonyl (C=O) groups excluding carboxylic acids is 1. The third-order valence-electron chi connectivity index (χ3n) is 4.37. The number of aryl methyl sites for hydroxylation is 2. The molecule has 3 rings (SSSR count). The number of nitrogens with zero attached hydrogens (tertiary/aromatic N) is 2. The van der Waals surface area contributed by atoms with Crippen LogP contribution >= 0.6 is 23.2 Å². The molecule has 132 valence electrons. The van der Waals surface area contributed by atoms with Gasteiger partial charge in [-0.3, -0.25) is 9.59 Å². The molecule has 0 bridgehead atoms. The van der Waals surface area contributed by atoms with E-state index in [4.69, 9.17) is 23.2 Å². The zero-order valence-electron chi connectivity index (χ0n) is 13.9. The Labute approximate surface area is 155 Å². The van der Waals surface area contributed by atoms with Crippen molar-refractivity contribution in [3.63, 3.8) is 0 Å². The molecule has 7 heteroatoms. The first-order valence-corrected chi connectivity index (χ1v) is 9.04. The molecule has 0 saturated carbocycles. The zero-order chi connectivity index (χ0) is 18.0. The Morgan fingerprint density at radius 2 is 2.04 bits per heavy atom. The monoisotopic (exact) mass is 379 g/mol. The second-order valence-corrected chi connectivity index (χ2v) is 7.12. The molecule has 1 amide bonds. The molecule has 1 aliphatic carbocycles. The van der Waals surface area contributed by atoms with Crippen molar-refractivity contribution in [1.29, 1.82) is 0 Å². The predicted molar refractivity (Wildman–Crippen MR) is 98.2 cm³/mol. The van der Waals surface area contributed by atoms with Gasteiger partial charge in [0.25, 0.3) is 5.56 Å². The Balaban J connectivity index is 1.71. The Morgan fingerprint density at radius 3 is 2.80 bits per heavy atom. The fourth-order valence-electron chi connectivity index (χ4n) is 3.07. The Hall–Kier alpha value is -1.85. The van der Waals surface area contributed by atoms with Crippen LogP contribution in [0.5, 0.6) is 0 Å². The van der Waals surface area contributed by atoms with E-state index < -0.39 is 0 Å². The molecule has 1 heterocycles. The number of benzene rings is 1. The lowest BCUT2D eigenvalue weighted by molar-refractivity contribution is -0.122. The summed E-state index contributed by atoms with van der Waals surface area (Å²) in [6.45, 7) is 1.72. The number of rotatable bonds is 4. The van der Waals surface area contributed by atoms with E-state index in [-0.39, 0.29) is 24.1 Å². The fraction of sp³-hybridized carbons (Fsp3) is 0.389. The van der Waals surface area contributed by atoms with Gasteiger partial charge in [-0.25, -0.2) is 4.68 Å². The van der Waals surface area contributed by atoms with E-state index in [0.717, 1.165) is 42.5 Å². The molecule has 0 saturated heterocycles. The highest BCUT2D eigenvalue weighted by atomic mass is 35.5. The first-order valence-electron chi connectivity index (χ1n) is 8.28. The van der Waals surface area contributed by atoms with Crippen molar-refractivity contribution < 1.29 is 4.79 Å². The quantitative estimate of drug-likeness (QED) is 0.885. The van der Waals surface area contributed by atoms with Crippen molar-refractivity contribution in [1.82, 2.24) is 15.1 Å². The molecule has 0 fully saturated rings. The van der Waals surface area contributed by atoms with Crippen LogP contribution in [-0.2, 0) is 24.2 Å². The maximum absolute atomic E-state index is 12.3. The van der Waals surface area contributed by atoms with E-state index >= 15 is 0 Å². The summed E-state index contributed by atoms with van der Waals surface area (Å²) in [6.07, 6.45) is 3.89. The van der Waals surface area contributed by atoms with Crippen molar-refractivity contribution in [2.75, 3.05) is 0 Å². The molecule has 1 aliphatic rings. The highest BCUT2D eigenvalue weighted by molar-refractivity contribution is 6.35. The highest BCUT2D eigenvalue weighted by Gasteiger charge is 2.17. The van der Waals surface area contributed by atoms with Crippen LogP contribution in [0.25, 0.3) is 0 Å². The number of carbonyl (C=O) groups is 1. The molecule has 2 aromatic rings. The summed E-state index contributed by atoms with van der Waals surface area (Å²) in [6, 6.07) is 6.44. The van der Waals surface area contributed by atoms with Gasteiger partial charge in [0.1, 0.15) is 6.54 Å². The molecule has 5 nitrogen and oxygen atoms in total. The first-order chi connectivity index (χ1) is 11.9. The van der Waals surface area contributed by atoms with E-state index in [1.165, 1.54) is 4.68 Å². The summed E-state index contributed by atoms with van der Waals surface area (Å²) in [7, 11) is 0. The average Bonchev–Trinajstić information content (AvgIpc) is 2.55. The second kappa shape index (κ2) is 7.58. The van der Waals surface area contributed by atoms with E-state index in [1.807, 2.05) is 6.92 Å². The lowest BCUT2D eigenvalue weighted by Gasteiger charge is -2.18. The summed E-state index contributed by atoms with van der Waals surface area (Å²) in [5.41, 5.74) is 2.46. The largest absolute Gasteiger partial charge is 0.348 e. The molecule has 1 aromatic carbocycles. The van der Waals surface area contributed by atoms with Crippen LogP contribution in [0.4, 0.5) is 0 Å². The van der Waals surface area contributed by atoms with Crippen molar-refractivity contribution in [2.45, 2.75) is 45.2 Å².